The summed E-state index contributed by atoms with van der Waals surface area (Å²) in [5.41, 5.74) is 3.06. The number of fused-ring (bicyclic) bond motifs is 1. The fraction of sp³-hybridized carbons (Fsp3) is 0.641. The Morgan fingerprint density at radius 1 is 1.00 bits per heavy atom. The van der Waals surface area contributed by atoms with E-state index in [0.717, 1.165) is 71.6 Å². The van der Waals surface area contributed by atoms with Gasteiger partial charge in [0.15, 0.2) is 17.8 Å². The smallest absolute Gasteiger partial charge is 0.410 e. The lowest BCUT2D eigenvalue weighted by molar-refractivity contribution is -0.0507. The van der Waals surface area contributed by atoms with Gasteiger partial charge >= 0.3 is 6.09 Å². The van der Waals surface area contributed by atoms with E-state index in [-0.39, 0.29) is 18.4 Å². The first-order chi connectivity index (χ1) is 24.0. The Balaban J connectivity index is 1.25. The van der Waals surface area contributed by atoms with Crippen LogP contribution in [0.15, 0.2) is 28.7 Å². The Morgan fingerprint density at radius 3 is 2.40 bits per heavy atom. The number of amides is 1. The first-order valence-corrected chi connectivity index (χ1v) is 18.5. The van der Waals surface area contributed by atoms with Crippen LogP contribution in [0.4, 0.5) is 10.5 Å². The minimum Gasteiger partial charge on any atom is -0.493 e. The number of piperidine rings is 1. The second-order valence-electron chi connectivity index (χ2n) is 15.0. The third-order valence-electron chi connectivity index (χ3n) is 9.90. The highest BCUT2D eigenvalue weighted by atomic mass is 16.7. The van der Waals surface area contributed by atoms with Gasteiger partial charge in [-0.25, -0.2) is 9.78 Å². The van der Waals surface area contributed by atoms with Crippen LogP contribution < -0.4 is 14.8 Å². The van der Waals surface area contributed by atoms with Crippen LogP contribution in [0, 0.1) is 19.8 Å². The normalized spacial score (nSPS) is 18.6. The third-order valence-corrected chi connectivity index (χ3v) is 9.90. The van der Waals surface area contributed by atoms with Crippen molar-refractivity contribution in [3.63, 3.8) is 0 Å². The molecule has 0 bridgehead atoms. The number of anilines is 1. The molecule has 3 aromatic rings. The number of likely N-dealkylation sites (tertiary alicyclic amines) is 2. The van der Waals surface area contributed by atoms with Crippen molar-refractivity contribution in [2.75, 3.05) is 65.0 Å². The van der Waals surface area contributed by atoms with E-state index in [1.165, 1.54) is 25.9 Å². The van der Waals surface area contributed by atoms with Crippen molar-refractivity contribution in [2.24, 2.45) is 5.92 Å². The van der Waals surface area contributed by atoms with Crippen LogP contribution in [0.3, 0.4) is 0 Å². The summed E-state index contributed by atoms with van der Waals surface area (Å²) in [5.74, 6) is 3.47. The maximum absolute atomic E-state index is 12.7. The van der Waals surface area contributed by atoms with Crippen LogP contribution in [0.2, 0.25) is 0 Å². The number of nitrogens with zero attached hydrogens (tertiary/aromatic N) is 3. The number of aryl methyl sites for hydroxylation is 2. The fourth-order valence-electron chi connectivity index (χ4n) is 7.41. The number of benzene rings is 1. The van der Waals surface area contributed by atoms with E-state index < -0.39 is 5.60 Å². The average Bonchev–Trinajstić information content (AvgIpc) is 3.85. The molecule has 1 aromatic carbocycles. The van der Waals surface area contributed by atoms with E-state index in [1.807, 2.05) is 57.7 Å². The predicted octanol–water partition coefficient (Wildman–Crippen LogP) is 7.57. The Bertz CT molecular complexity index is 1580. The first kappa shape index (κ1) is 36.3. The van der Waals surface area contributed by atoms with Crippen molar-refractivity contribution < 1.29 is 32.9 Å². The molecule has 3 fully saturated rings. The summed E-state index contributed by atoms with van der Waals surface area (Å²) in [7, 11) is 1.69. The lowest BCUT2D eigenvalue weighted by atomic mass is 9.89. The number of hydrogen-bond acceptors (Lipinski definition) is 10. The van der Waals surface area contributed by atoms with Crippen molar-refractivity contribution in [1.29, 1.82) is 0 Å². The van der Waals surface area contributed by atoms with Gasteiger partial charge in [-0.1, -0.05) is 0 Å². The zero-order valence-electron chi connectivity index (χ0n) is 30.8. The molecule has 3 aliphatic rings. The maximum Gasteiger partial charge on any atom is 0.410 e. The van der Waals surface area contributed by atoms with Gasteiger partial charge in [0.25, 0.3) is 0 Å². The summed E-state index contributed by atoms with van der Waals surface area (Å²) >= 11 is 0. The number of rotatable bonds is 13. The highest BCUT2D eigenvalue weighted by Crippen LogP contribution is 2.39. The molecule has 0 saturated carbocycles. The molecule has 6 rings (SSSR count). The molecule has 0 aliphatic carbocycles. The molecule has 0 spiro atoms. The monoisotopic (exact) mass is 692 g/mol. The number of nitrogens with one attached hydrogen (secondary N) is 1. The van der Waals surface area contributed by atoms with E-state index in [0.29, 0.717) is 56.7 Å². The largest absolute Gasteiger partial charge is 0.493 e. The van der Waals surface area contributed by atoms with Crippen molar-refractivity contribution in [1.82, 2.24) is 14.8 Å². The fourth-order valence-corrected chi connectivity index (χ4v) is 7.41. The lowest BCUT2D eigenvalue weighted by Gasteiger charge is -2.35. The van der Waals surface area contributed by atoms with Crippen LogP contribution >= 0.6 is 0 Å². The maximum atomic E-state index is 12.7. The van der Waals surface area contributed by atoms with Gasteiger partial charge in [0.2, 0.25) is 0 Å². The molecule has 2 aromatic heterocycles. The van der Waals surface area contributed by atoms with Crippen LogP contribution in [-0.2, 0) is 14.2 Å². The van der Waals surface area contributed by atoms with Gasteiger partial charge in [-0.15, -0.1) is 0 Å². The molecule has 0 radical (unpaired) electrons. The van der Waals surface area contributed by atoms with Crippen LogP contribution in [0.25, 0.3) is 22.2 Å². The molecular formula is C39H56N4O7. The molecule has 11 nitrogen and oxygen atoms in total. The summed E-state index contributed by atoms with van der Waals surface area (Å²) in [6.07, 6.45) is 6.45. The second-order valence-corrected chi connectivity index (χ2v) is 15.0. The molecule has 274 valence electrons. The van der Waals surface area contributed by atoms with E-state index in [4.69, 9.17) is 33.1 Å². The van der Waals surface area contributed by atoms with E-state index >= 15 is 0 Å². The number of ether oxygens (including phenoxy) is 5. The molecule has 5 heterocycles. The van der Waals surface area contributed by atoms with Gasteiger partial charge in [0.1, 0.15) is 17.1 Å². The van der Waals surface area contributed by atoms with E-state index in [2.05, 4.69) is 16.3 Å². The zero-order chi connectivity index (χ0) is 35.3. The van der Waals surface area contributed by atoms with Gasteiger partial charge < -0.3 is 43.2 Å². The number of aromatic nitrogens is 1. The summed E-state index contributed by atoms with van der Waals surface area (Å²) in [5, 5.41) is 4.86. The standard InChI is InChI=1S/C39H56N4O7/c1-26-20-30(27(2)49-26)32-24-33(31-23-35(45-6)36(25-34(31)41-32)46-17-9-14-42-12-7-8-13-42)40-29(22-37-47-18-19-48-37)21-28-10-15-43(16-11-28)38(44)50-39(3,4)5/h20,23-25,28-29,37H,7-19,21-22H2,1-6H3,(H,40,41). The van der Waals surface area contributed by atoms with Crippen LogP contribution in [0.5, 0.6) is 11.5 Å². The van der Waals surface area contributed by atoms with Crippen molar-refractivity contribution in [3.05, 3.63) is 35.8 Å². The number of methoxy groups -OCH3 is 1. The highest BCUT2D eigenvalue weighted by molar-refractivity contribution is 5.96. The topological polar surface area (TPSA) is 108 Å². The van der Waals surface area contributed by atoms with E-state index in [9.17, 15) is 4.79 Å². The Kier molecular flexibility index (Phi) is 11.8. The van der Waals surface area contributed by atoms with Gasteiger partial charge in [0, 0.05) is 54.8 Å². The van der Waals surface area contributed by atoms with Gasteiger partial charge in [-0.05, 0) is 110 Å². The van der Waals surface area contributed by atoms with E-state index in [1.54, 1.807) is 7.11 Å². The van der Waals surface area contributed by atoms with Crippen molar-refractivity contribution in [3.8, 4) is 22.8 Å². The summed E-state index contributed by atoms with van der Waals surface area (Å²) in [4.78, 5) is 22.2. The van der Waals surface area contributed by atoms with Crippen LogP contribution in [-0.4, -0.2) is 98.5 Å². The van der Waals surface area contributed by atoms with Gasteiger partial charge in [0.05, 0.1) is 38.1 Å². The number of furan rings is 1. The Labute approximate surface area is 296 Å². The number of pyridine rings is 1. The average molecular weight is 693 g/mol. The minimum absolute atomic E-state index is 0.0503. The minimum atomic E-state index is -0.507. The molecule has 50 heavy (non-hydrogen) atoms. The quantitative estimate of drug-likeness (QED) is 0.180. The molecule has 3 aliphatic heterocycles. The molecule has 1 atom stereocenters. The molecular weight excluding hydrogens is 636 g/mol. The molecule has 11 heteroatoms. The zero-order valence-corrected chi connectivity index (χ0v) is 30.8. The molecule has 1 N–H and O–H groups in total. The predicted molar refractivity (Wildman–Crippen MR) is 194 cm³/mol. The number of hydrogen-bond donors (Lipinski definition) is 1. The SMILES string of the molecule is COc1cc2c(NC(CC3CCN(C(=O)OC(C)(C)C)CC3)CC3OCCO3)cc(-c3cc(C)oc3C)nc2cc1OCCCN1CCCC1. The van der Waals surface area contributed by atoms with Crippen LogP contribution in [0.1, 0.15) is 77.2 Å². The highest BCUT2D eigenvalue weighted by Gasteiger charge is 2.30. The van der Waals surface area contributed by atoms with Gasteiger partial charge in [-0.2, -0.15) is 0 Å². The Hall–Kier alpha value is -3.54. The summed E-state index contributed by atoms with van der Waals surface area (Å²) in [6, 6.07) is 8.25. The lowest BCUT2D eigenvalue weighted by Crippen LogP contribution is -2.42. The molecule has 1 unspecified atom stereocenters. The van der Waals surface area contributed by atoms with Crippen molar-refractivity contribution >= 4 is 22.7 Å². The molecule has 1 amide bonds. The first-order valence-electron chi connectivity index (χ1n) is 18.5. The number of carbonyl (C=O) groups excluding carboxylic acids is 1. The Morgan fingerprint density at radius 2 is 1.74 bits per heavy atom. The summed E-state index contributed by atoms with van der Waals surface area (Å²) < 4.78 is 35.7. The summed E-state index contributed by atoms with van der Waals surface area (Å²) in [6.45, 7) is 16.2. The third kappa shape index (κ3) is 9.41. The molecule has 3 saturated heterocycles. The van der Waals surface area contributed by atoms with Gasteiger partial charge in [-0.3, -0.25) is 0 Å². The number of carbonyl (C=O) groups is 1. The van der Waals surface area contributed by atoms with Crippen molar-refractivity contribution in [2.45, 2.75) is 97.5 Å². The second kappa shape index (κ2) is 16.2.